The molecule has 0 saturated heterocycles. The highest BCUT2D eigenvalue weighted by atomic mass is 13.9. The van der Waals surface area contributed by atoms with Crippen LogP contribution < -0.4 is 0 Å². The van der Waals surface area contributed by atoms with Crippen LogP contribution in [0.15, 0.2) is 17.2 Å². The van der Waals surface area contributed by atoms with Crippen LogP contribution in [0.2, 0.25) is 0 Å². The van der Waals surface area contributed by atoms with Crippen LogP contribution in [0.4, 0.5) is 0 Å². The molecule has 0 atom stereocenters. The van der Waals surface area contributed by atoms with Crippen LogP contribution in [-0.4, -0.2) is 0 Å². The van der Waals surface area contributed by atoms with Crippen LogP contribution in [0.25, 0.3) is 0 Å². The molecular weight excluding hydrogens is 120 g/mol. The molecule has 0 heteroatoms. The van der Waals surface area contributed by atoms with E-state index in [1.54, 1.807) is 0 Å². The molecule has 0 aliphatic carbocycles. The van der Waals surface area contributed by atoms with E-state index in [0.717, 1.165) is 24.8 Å². The topological polar surface area (TPSA) is 0 Å². The molecule has 0 aromatic rings. The molecular formula is C10H16. The summed E-state index contributed by atoms with van der Waals surface area (Å²) < 4.78 is 0. The standard InChI is InChI=1S/C10H16/c1-5-10(4)8-6-7-9(2)3/h2,8H,1,5-7H2,3-4H3. The van der Waals surface area contributed by atoms with Gasteiger partial charge in [-0.05, 0) is 40.0 Å². The molecule has 0 aliphatic rings. The van der Waals surface area contributed by atoms with Gasteiger partial charge in [-0.1, -0.05) is 23.8 Å². The van der Waals surface area contributed by atoms with Gasteiger partial charge in [0.25, 0.3) is 0 Å². The Morgan fingerprint density at radius 3 is 2.50 bits per heavy atom. The molecule has 10 heavy (non-hydrogen) atoms. The first-order chi connectivity index (χ1) is 4.66. The number of allylic oxidation sites excluding steroid dienone is 3. The Bertz CT molecular complexity index is 129. The molecule has 0 N–H and O–H groups in total. The number of hydrogen-bond acceptors (Lipinski definition) is 0. The molecule has 0 heterocycles. The van der Waals surface area contributed by atoms with Crippen molar-refractivity contribution in [3.05, 3.63) is 30.7 Å². The second-order valence-electron chi connectivity index (χ2n) is 2.69. The SMILES string of the molecule is [CH]=C(C)CCC=C(C)C[CH2]. The molecule has 0 amide bonds. The minimum absolute atomic E-state index is 0.906. The van der Waals surface area contributed by atoms with E-state index in [2.05, 4.69) is 19.9 Å². The Kier molecular flexibility index (Phi) is 5.00. The van der Waals surface area contributed by atoms with Gasteiger partial charge in [0.2, 0.25) is 0 Å². The summed E-state index contributed by atoms with van der Waals surface area (Å²) in [6.45, 7) is 13.3. The Morgan fingerprint density at radius 2 is 2.10 bits per heavy atom. The first-order valence-electron chi connectivity index (χ1n) is 3.69. The zero-order valence-corrected chi connectivity index (χ0v) is 6.98. The van der Waals surface area contributed by atoms with Gasteiger partial charge in [-0.3, -0.25) is 0 Å². The van der Waals surface area contributed by atoms with Gasteiger partial charge in [0.05, 0.1) is 0 Å². The fourth-order valence-electron chi connectivity index (χ4n) is 0.648. The fraction of sp³-hybridized carbons (Fsp3) is 0.500. The fourth-order valence-corrected chi connectivity index (χ4v) is 0.648. The lowest BCUT2D eigenvalue weighted by Crippen LogP contribution is -1.75. The number of hydrogen-bond donors (Lipinski definition) is 0. The van der Waals surface area contributed by atoms with Crippen molar-refractivity contribution >= 4 is 0 Å². The average Bonchev–Trinajstić information content (AvgIpc) is 1.87. The highest BCUT2D eigenvalue weighted by Gasteiger charge is 1.85. The lowest BCUT2D eigenvalue weighted by atomic mass is 10.1. The average molecular weight is 136 g/mol. The monoisotopic (exact) mass is 136 g/mol. The third-order valence-corrected chi connectivity index (χ3v) is 1.43. The molecule has 56 valence electrons. The summed E-state index contributed by atoms with van der Waals surface area (Å²) in [5.41, 5.74) is 2.36. The second kappa shape index (κ2) is 5.28. The van der Waals surface area contributed by atoms with E-state index in [1.165, 1.54) is 5.57 Å². The highest BCUT2D eigenvalue weighted by molar-refractivity contribution is 5.00. The molecule has 0 unspecified atom stereocenters. The summed E-state index contributed by atoms with van der Waals surface area (Å²) >= 11 is 0. The van der Waals surface area contributed by atoms with Crippen molar-refractivity contribution in [3.63, 3.8) is 0 Å². The zero-order chi connectivity index (χ0) is 7.98. The van der Waals surface area contributed by atoms with Crippen molar-refractivity contribution in [2.45, 2.75) is 33.1 Å². The third-order valence-electron chi connectivity index (χ3n) is 1.43. The Balaban J connectivity index is 3.43. The first-order valence-corrected chi connectivity index (χ1v) is 3.69. The first kappa shape index (κ1) is 9.48. The van der Waals surface area contributed by atoms with Crippen LogP contribution in [-0.2, 0) is 0 Å². The van der Waals surface area contributed by atoms with Crippen molar-refractivity contribution in [2.75, 3.05) is 0 Å². The van der Waals surface area contributed by atoms with Crippen molar-refractivity contribution in [3.8, 4) is 0 Å². The summed E-state index contributed by atoms with van der Waals surface area (Å²) in [7, 11) is 0. The van der Waals surface area contributed by atoms with Gasteiger partial charge in [0, 0.05) is 0 Å². The summed E-state index contributed by atoms with van der Waals surface area (Å²) in [5.74, 6) is 0. The van der Waals surface area contributed by atoms with Crippen LogP contribution >= 0.6 is 0 Å². The Morgan fingerprint density at radius 1 is 1.50 bits per heavy atom. The van der Waals surface area contributed by atoms with E-state index < -0.39 is 0 Å². The minimum Gasteiger partial charge on any atom is -0.0853 e. The molecule has 0 aromatic heterocycles. The van der Waals surface area contributed by atoms with Crippen molar-refractivity contribution < 1.29 is 0 Å². The molecule has 2 radical (unpaired) electrons. The third kappa shape index (κ3) is 5.61. The molecule has 0 bridgehead atoms. The van der Waals surface area contributed by atoms with Crippen molar-refractivity contribution in [1.29, 1.82) is 0 Å². The maximum atomic E-state index is 5.49. The molecule has 0 aliphatic heterocycles. The summed E-state index contributed by atoms with van der Waals surface area (Å²) in [6, 6.07) is 0. The van der Waals surface area contributed by atoms with E-state index in [4.69, 9.17) is 6.58 Å². The van der Waals surface area contributed by atoms with E-state index in [-0.39, 0.29) is 0 Å². The quantitative estimate of drug-likeness (QED) is 0.520. The molecule has 0 rings (SSSR count). The molecule has 0 fully saturated rings. The minimum atomic E-state index is 0.906. The lowest BCUT2D eigenvalue weighted by Gasteiger charge is -1.95. The summed E-state index contributed by atoms with van der Waals surface area (Å²) in [6.07, 6.45) is 5.16. The second-order valence-corrected chi connectivity index (χ2v) is 2.69. The van der Waals surface area contributed by atoms with E-state index >= 15 is 0 Å². The van der Waals surface area contributed by atoms with Gasteiger partial charge in [0.15, 0.2) is 0 Å². The lowest BCUT2D eigenvalue weighted by molar-refractivity contribution is 0.962. The Hall–Kier alpha value is -0.520. The van der Waals surface area contributed by atoms with Crippen molar-refractivity contribution in [1.82, 2.24) is 0 Å². The highest BCUT2D eigenvalue weighted by Crippen LogP contribution is 2.05. The van der Waals surface area contributed by atoms with Gasteiger partial charge in [0.1, 0.15) is 0 Å². The van der Waals surface area contributed by atoms with Gasteiger partial charge in [-0.2, -0.15) is 0 Å². The van der Waals surface area contributed by atoms with Gasteiger partial charge in [-0.15, -0.1) is 0 Å². The maximum absolute atomic E-state index is 5.49. The normalized spacial score (nSPS) is 11.7. The summed E-state index contributed by atoms with van der Waals surface area (Å²) in [4.78, 5) is 0. The zero-order valence-electron chi connectivity index (χ0n) is 6.98. The Labute approximate surface area is 64.6 Å². The van der Waals surface area contributed by atoms with Gasteiger partial charge >= 0.3 is 0 Å². The van der Waals surface area contributed by atoms with Crippen molar-refractivity contribution in [2.24, 2.45) is 0 Å². The number of rotatable bonds is 4. The van der Waals surface area contributed by atoms with Crippen LogP contribution in [0, 0.1) is 13.5 Å². The largest absolute Gasteiger partial charge is 0.0853 e. The summed E-state index contributed by atoms with van der Waals surface area (Å²) in [5, 5.41) is 0. The van der Waals surface area contributed by atoms with E-state index in [0.29, 0.717) is 0 Å². The predicted molar refractivity (Wildman–Crippen MR) is 46.5 cm³/mol. The smallest absolute Gasteiger partial charge is 0.0285 e. The van der Waals surface area contributed by atoms with E-state index in [9.17, 15) is 0 Å². The van der Waals surface area contributed by atoms with Crippen LogP contribution in [0.1, 0.15) is 33.1 Å². The maximum Gasteiger partial charge on any atom is -0.0285 e. The van der Waals surface area contributed by atoms with Gasteiger partial charge in [-0.25, -0.2) is 0 Å². The van der Waals surface area contributed by atoms with Gasteiger partial charge < -0.3 is 0 Å². The molecule has 0 saturated carbocycles. The van der Waals surface area contributed by atoms with Crippen LogP contribution in [0.5, 0.6) is 0 Å². The molecule has 0 nitrogen and oxygen atoms in total. The van der Waals surface area contributed by atoms with E-state index in [1.807, 2.05) is 6.92 Å². The molecule has 0 spiro atoms. The predicted octanol–water partition coefficient (Wildman–Crippen LogP) is 3.32. The molecule has 0 aromatic carbocycles. The van der Waals surface area contributed by atoms with Crippen LogP contribution in [0.3, 0.4) is 0 Å².